The van der Waals surface area contributed by atoms with Crippen LogP contribution in [0.3, 0.4) is 0 Å². The number of hydrogen-bond donors (Lipinski definition) is 0. The average molecular weight is 198 g/mol. The van der Waals surface area contributed by atoms with E-state index in [4.69, 9.17) is 0 Å². The third kappa shape index (κ3) is 2.07. The average Bonchev–Trinajstić information content (AvgIpc) is 2.31. The maximum atomic E-state index is 10.5. The highest BCUT2D eigenvalue weighted by Crippen LogP contribution is 2.18. The molecule has 0 aliphatic heterocycles. The minimum atomic E-state index is 0.375. The van der Waals surface area contributed by atoms with Crippen LogP contribution in [0.4, 0.5) is 0 Å². The molecule has 2 aromatic rings. The van der Waals surface area contributed by atoms with Gasteiger partial charge in [-0.15, -0.1) is 0 Å². The summed E-state index contributed by atoms with van der Waals surface area (Å²) in [5.41, 5.74) is 2.49. The van der Waals surface area contributed by atoms with Gasteiger partial charge in [0.2, 0.25) is 0 Å². The zero-order valence-electron chi connectivity index (χ0n) is 8.13. The Morgan fingerprint density at radius 2 is 1.93 bits per heavy atom. The van der Waals surface area contributed by atoms with Crippen LogP contribution in [-0.4, -0.2) is 16.3 Å². The summed E-state index contributed by atoms with van der Waals surface area (Å²) in [6, 6.07) is 9.36. The van der Waals surface area contributed by atoms with E-state index in [1.54, 1.807) is 12.4 Å². The molecule has 0 unspecified atom stereocenters. The lowest BCUT2D eigenvalue weighted by Crippen LogP contribution is -1.95. The van der Waals surface area contributed by atoms with Crippen molar-refractivity contribution in [2.75, 3.05) is 0 Å². The van der Waals surface area contributed by atoms with Crippen molar-refractivity contribution < 1.29 is 4.79 Å². The number of nitrogens with zero attached hydrogens (tertiary/aromatic N) is 2. The molecule has 0 fully saturated rings. The Hall–Kier alpha value is -2.03. The van der Waals surface area contributed by atoms with E-state index in [2.05, 4.69) is 9.97 Å². The van der Waals surface area contributed by atoms with Crippen LogP contribution >= 0.6 is 0 Å². The second-order valence-electron chi connectivity index (χ2n) is 3.10. The molecular formula is C12H10N2O. The first-order valence-corrected chi connectivity index (χ1v) is 4.71. The number of carbonyl (C=O) groups is 1. The summed E-state index contributed by atoms with van der Waals surface area (Å²) in [5, 5.41) is 0. The number of rotatable bonds is 3. The zero-order chi connectivity index (χ0) is 10.5. The number of aldehydes is 1. The Kier molecular flexibility index (Phi) is 2.83. The summed E-state index contributed by atoms with van der Waals surface area (Å²) in [6.45, 7) is 0. The number of carbonyl (C=O) groups excluding carboxylic acids is 1. The van der Waals surface area contributed by atoms with Crippen LogP contribution in [0.5, 0.6) is 0 Å². The largest absolute Gasteiger partial charge is 0.303 e. The Labute approximate surface area is 87.8 Å². The van der Waals surface area contributed by atoms with Gasteiger partial charge in [-0.1, -0.05) is 12.1 Å². The fourth-order valence-electron chi connectivity index (χ4n) is 1.43. The van der Waals surface area contributed by atoms with Crippen LogP contribution in [-0.2, 0) is 11.2 Å². The molecule has 0 atom stereocenters. The lowest BCUT2D eigenvalue weighted by atomic mass is 10.1. The van der Waals surface area contributed by atoms with E-state index in [1.807, 2.05) is 30.3 Å². The highest BCUT2D eigenvalue weighted by Gasteiger charge is 2.05. The van der Waals surface area contributed by atoms with Crippen LogP contribution in [0.25, 0.3) is 11.4 Å². The van der Waals surface area contributed by atoms with Crippen LogP contribution in [0.2, 0.25) is 0 Å². The summed E-state index contributed by atoms with van der Waals surface area (Å²) in [6.07, 6.45) is 4.68. The predicted octanol–water partition coefficient (Wildman–Crippen LogP) is 1.89. The molecule has 74 valence electrons. The van der Waals surface area contributed by atoms with Gasteiger partial charge < -0.3 is 4.79 Å². The lowest BCUT2D eigenvalue weighted by Gasteiger charge is -2.04. The van der Waals surface area contributed by atoms with Crippen molar-refractivity contribution in [1.82, 2.24) is 9.97 Å². The molecule has 3 heteroatoms. The minimum absolute atomic E-state index is 0.375. The molecular weight excluding hydrogens is 188 g/mol. The summed E-state index contributed by atoms with van der Waals surface area (Å²) < 4.78 is 0. The Bertz CT molecular complexity index is 454. The molecule has 2 rings (SSSR count). The topological polar surface area (TPSA) is 42.9 Å². The quantitative estimate of drug-likeness (QED) is 0.707. The predicted molar refractivity (Wildman–Crippen MR) is 57.2 cm³/mol. The molecule has 0 spiro atoms. The first-order valence-electron chi connectivity index (χ1n) is 4.71. The summed E-state index contributed by atoms with van der Waals surface area (Å²) in [7, 11) is 0. The number of hydrogen-bond acceptors (Lipinski definition) is 3. The van der Waals surface area contributed by atoms with Gasteiger partial charge in [0.15, 0.2) is 0 Å². The van der Waals surface area contributed by atoms with Crippen LogP contribution in [0.1, 0.15) is 5.56 Å². The van der Waals surface area contributed by atoms with Crippen LogP contribution in [0, 0.1) is 0 Å². The van der Waals surface area contributed by atoms with Gasteiger partial charge in [-0.2, -0.15) is 0 Å². The molecule has 2 aromatic heterocycles. The van der Waals surface area contributed by atoms with Crippen LogP contribution < -0.4 is 0 Å². The van der Waals surface area contributed by atoms with Crippen molar-refractivity contribution >= 4 is 6.29 Å². The maximum Gasteiger partial charge on any atom is 0.124 e. The number of pyridine rings is 2. The number of aromatic nitrogens is 2. The van der Waals surface area contributed by atoms with Crippen molar-refractivity contribution in [3.05, 3.63) is 48.3 Å². The molecule has 0 saturated heterocycles. The highest BCUT2D eigenvalue weighted by atomic mass is 16.1. The van der Waals surface area contributed by atoms with E-state index in [0.29, 0.717) is 6.42 Å². The van der Waals surface area contributed by atoms with E-state index in [9.17, 15) is 4.79 Å². The van der Waals surface area contributed by atoms with Gasteiger partial charge in [-0.05, 0) is 23.8 Å². The smallest absolute Gasteiger partial charge is 0.124 e. The van der Waals surface area contributed by atoms with Gasteiger partial charge in [0.05, 0.1) is 11.4 Å². The fourth-order valence-corrected chi connectivity index (χ4v) is 1.43. The third-order valence-electron chi connectivity index (χ3n) is 2.10. The Balaban J connectivity index is 2.48. The van der Waals surface area contributed by atoms with E-state index >= 15 is 0 Å². The second-order valence-corrected chi connectivity index (χ2v) is 3.10. The van der Waals surface area contributed by atoms with Gasteiger partial charge in [-0.25, -0.2) is 0 Å². The Morgan fingerprint density at radius 3 is 2.67 bits per heavy atom. The van der Waals surface area contributed by atoms with Crippen LogP contribution in [0.15, 0.2) is 42.7 Å². The van der Waals surface area contributed by atoms with E-state index in [0.717, 1.165) is 23.2 Å². The molecule has 0 bridgehead atoms. The molecule has 2 heterocycles. The molecule has 0 aliphatic carbocycles. The van der Waals surface area contributed by atoms with Gasteiger partial charge in [0.1, 0.15) is 6.29 Å². The standard InChI is InChI=1S/C12H10N2O/c15-9-6-10-4-3-8-14-12(10)11-5-1-2-7-13-11/h1-5,7-9H,6H2. The lowest BCUT2D eigenvalue weighted by molar-refractivity contribution is -0.107. The van der Waals surface area contributed by atoms with E-state index in [1.165, 1.54) is 0 Å². The Morgan fingerprint density at radius 1 is 1.07 bits per heavy atom. The summed E-state index contributed by atoms with van der Waals surface area (Å²) in [4.78, 5) is 19.0. The molecule has 0 amide bonds. The minimum Gasteiger partial charge on any atom is -0.303 e. The van der Waals surface area contributed by atoms with Crippen molar-refractivity contribution in [2.45, 2.75) is 6.42 Å². The molecule has 0 saturated carbocycles. The van der Waals surface area contributed by atoms with Gasteiger partial charge >= 0.3 is 0 Å². The summed E-state index contributed by atoms with van der Waals surface area (Å²) in [5.74, 6) is 0. The van der Waals surface area contributed by atoms with Crippen molar-refractivity contribution in [2.24, 2.45) is 0 Å². The van der Waals surface area contributed by atoms with Crippen molar-refractivity contribution in [1.29, 1.82) is 0 Å². The second kappa shape index (κ2) is 4.46. The third-order valence-corrected chi connectivity index (χ3v) is 2.10. The summed E-state index contributed by atoms with van der Waals surface area (Å²) >= 11 is 0. The first-order chi connectivity index (χ1) is 7.42. The van der Waals surface area contributed by atoms with E-state index < -0.39 is 0 Å². The SMILES string of the molecule is O=CCc1cccnc1-c1ccccn1. The fraction of sp³-hybridized carbons (Fsp3) is 0.0833. The van der Waals surface area contributed by atoms with Crippen molar-refractivity contribution in [3.8, 4) is 11.4 Å². The van der Waals surface area contributed by atoms with Crippen molar-refractivity contribution in [3.63, 3.8) is 0 Å². The highest BCUT2D eigenvalue weighted by molar-refractivity contribution is 5.65. The molecule has 0 radical (unpaired) electrons. The monoisotopic (exact) mass is 198 g/mol. The normalized spacial score (nSPS) is 9.87. The van der Waals surface area contributed by atoms with Gasteiger partial charge in [-0.3, -0.25) is 9.97 Å². The first kappa shape index (κ1) is 9.52. The van der Waals surface area contributed by atoms with Gasteiger partial charge in [0, 0.05) is 18.8 Å². The molecule has 15 heavy (non-hydrogen) atoms. The zero-order valence-corrected chi connectivity index (χ0v) is 8.13. The molecule has 0 aliphatic rings. The molecule has 3 nitrogen and oxygen atoms in total. The van der Waals surface area contributed by atoms with Gasteiger partial charge in [0.25, 0.3) is 0 Å². The maximum absolute atomic E-state index is 10.5. The molecule has 0 N–H and O–H groups in total. The molecule has 0 aromatic carbocycles. The van der Waals surface area contributed by atoms with E-state index in [-0.39, 0.29) is 0 Å².